The third-order valence-electron chi connectivity index (χ3n) is 3.93. The predicted octanol–water partition coefficient (Wildman–Crippen LogP) is 4.83. The quantitative estimate of drug-likeness (QED) is 0.779. The number of carbonyl (C=O) groups excluding carboxylic acids is 1. The number of Topliss-reactive ketones (excluding diaryl/α,β-unsaturated/α-hetero) is 1. The second kappa shape index (κ2) is 6.93. The van der Waals surface area contributed by atoms with Gasteiger partial charge in [-0.1, -0.05) is 23.7 Å². The fourth-order valence-corrected chi connectivity index (χ4v) is 3.09. The number of rotatable bonds is 5. The lowest BCUT2D eigenvalue weighted by atomic mass is 9.96. The van der Waals surface area contributed by atoms with Gasteiger partial charge in [-0.25, -0.2) is 0 Å². The molecule has 1 aromatic rings. The highest BCUT2D eigenvalue weighted by Crippen LogP contribution is 2.32. The van der Waals surface area contributed by atoms with Gasteiger partial charge in [0.1, 0.15) is 5.78 Å². The van der Waals surface area contributed by atoms with Gasteiger partial charge in [-0.05, 0) is 64.2 Å². The summed E-state index contributed by atoms with van der Waals surface area (Å²) in [6.07, 6.45) is 4.53. The molecule has 0 bridgehead atoms. The number of halogens is 1. The van der Waals surface area contributed by atoms with Crippen LogP contribution in [-0.2, 0) is 16.0 Å². The van der Waals surface area contributed by atoms with Crippen molar-refractivity contribution in [3.05, 3.63) is 34.9 Å². The summed E-state index contributed by atoms with van der Waals surface area (Å²) in [4.78, 5) is 12.3. The van der Waals surface area contributed by atoms with Crippen molar-refractivity contribution in [3.63, 3.8) is 0 Å². The molecule has 1 fully saturated rings. The molecular weight excluding hydrogens is 284 g/mol. The number of ketones is 1. The van der Waals surface area contributed by atoms with Crippen molar-refractivity contribution in [1.29, 1.82) is 0 Å². The SMILES string of the molecule is CC(C)(C)O[C@H]1CC[C@H](C(=O)CCc2ccc(Cl)cc2)C1. The summed E-state index contributed by atoms with van der Waals surface area (Å²) in [5.41, 5.74) is 1.06. The Hall–Kier alpha value is -0.860. The van der Waals surface area contributed by atoms with Crippen molar-refractivity contribution in [3.8, 4) is 0 Å². The van der Waals surface area contributed by atoms with E-state index in [1.807, 2.05) is 24.3 Å². The molecule has 2 atom stereocenters. The van der Waals surface area contributed by atoms with E-state index in [-0.39, 0.29) is 17.6 Å². The summed E-state index contributed by atoms with van der Waals surface area (Å²) in [6, 6.07) is 7.75. The zero-order valence-corrected chi connectivity index (χ0v) is 14.0. The summed E-state index contributed by atoms with van der Waals surface area (Å²) >= 11 is 5.87. The molecule has 0 aromatic heterocycles. The maximum absolute atomic E-state index is 12.3. The Bertz CT molecular complexity index is 473. The average Bonchev–Trinajstić information content (AvgIpc) is 2.84. The summed E-state index contributed by atoms with van der Waals surface area (Å²) in [5, 5.41) is 0.739. The summed E-state index contributed by atoms with van der Waals surface area (Å²) in [7, 11) is 0. The molecule has 0 amide bonds. The Labute approximate surface area is 132 Å². The van der Waals surface area contributed by atoms with Crippen LogP contribution in [0.2, 0.25) is 5.02 Å². The van der Waals surface area contributed by atoms with E-state index in [0.29, 0.717) is 12.2 Å². The van der Waals surface area contributed by atoms with Crippen LogP contribution in [0.15, 0.2) is 24.3 Å². The lowest BCUT2D eigenvalue weighted by Gasteiger charge is -2.24. The Kier molecular flexibility index (Phi) is 5.45. The highest BCUT2D eigenvalue weighted by Gasteiger charge is 2.32. The van der Waals surface area contributed by atoms with Gasteiger partial charge in [0, 0.05) is 17.4 Å². The minimum atomic E-state index is -0.119. The van der Waals surface area contributed by atoms with Gasteiger partial charge in [-0.3, -0.25) is 4.79 Å². The molecule has 0 aliphatic heterocycles. The smallest absolute Gasteiger partial charge is 0.136 e. The van der Waals surface area contributed by atoms with Crippen molar-refractivity contribution < 1.29 is 9.53 Å². The second-order valence-electron chi connectivity index (χ2n) is 6.95. The van der Waals surface area contributed by atoms with Crippen LogP contribution in [0.3, 0.4) is 0 Å². The number of carbonyl (C=O) groups is 1. The van der Waals surface area contributed by atoms with Crippen LogP contribution >= 0.6 is 11.6 Å². The van der Waals surface area contributed by atoms with Crippen LogP contribution in [0, 0.1) is 5.92 Å². The lowest BCUT2D eigenvalue weighted by molar-refractivity contribution is -0.123. The van der Waals surface area contributed by atoms with Crippen molar-refractivity contribution in [2.45, 2.75) is 64.6 Å². The highest BCUT2D eigenvalue weighted by atomic mass is 35.5. The predicted molar refractivity (Wildman–Crippen MR) is 86.7 cm³/mol. The Morgan fingerprint density at radius 2 is 1.90 bits per heavy atom. The van der Waals surface area contributed by atoms with Crippen molar-refractivity contribution >= 4 is 17.4 Å². The molecule has 21 heavy (non-hydrogen) atoms. The zero-order chi connectivity index (χ0) is 15.5. The van der Waals surface area contributed by atoms with E-state index in [4.69, 9.17) is 16.3 Å². The monoisotopic (exact) mass is 308 g/mol. The van der Waals surface area contributed by atoms with Crippen molar-refractivity contribution in [1.82, 2.24) is 0 Å². The maximum Gasteiger partial charge on any atom is 0.136 e. The normalized spacial score (nSPS) is 22.5. The van der Waals surface area contributed by atoms with Crippen LogP contribution < -0.4 is 0 Å². The largest absolute Gasteiger partial charge is 0.373 e. The van der Waals surface area contributed by atoms with E-state index >= 15 is 0 Å². The molecule has 1 aliphatic rings. The Morgan fingerprint density at radius 3 is 2.52 bits per heavy atom. The molecule has 0 unspecified atom stereocenters. The first-order valence-electron chi connectivity index (χ1n) is 7.78. The first-order valence-corrected chi connectivity index (χ1v) is 8.16. The molecule has 3 heteroatoms. The lowest BCUT2D eigenvalue weighted by Crippen LogP contribution is -2.26. The van der Waals surface area contributed by atoms with Gasteiger partial charge < -0.3 is 4.74 Å². The van der Waals surface area contributed by atoms with Crippen LogP contribution in [0.4, 0.5) is 0 Å². The standard InChI is InChI=1S/C18H25ClO2/c1-18(2,3)21-16-10-7-14(12-16)17(20)11-6-13-4-8-15(19)9-5-13/h4-5,8-9,14,16H,6-7,10-12H2,1-3H3/t14-,16-/m0/s1. The van der Waals surface area contributed by atoms with Crippen LogP contribution in [-0.4, -0.2) is 17.5 Å². The van der Waals surface area contributed by atoms with E-state index in [9.17, 15) is 4.79 Å². The molecule has 0 radical (unpaired) electrons. The molecule has 0 N–H and O–H groups in total. The molecule has 116 valence electrons. The van der Waals surface area contributed by atoms with Gasteiger partial charge in [-0.2, -0.15) is 0 Å². The summed E-state index contributed by atoms with van der Waals surface area (Å²) < 4.78 is 5.99. The maximum atomic E-state index is 12.3. The van der Waals surface area contributed by atoms with E-state index in [1.54, 1.807) is 0 Å². The van der Waals surface area contributed by atoms with Gasteiger partial charge in [0.25, 0.3) is 0 Å². The minimum absolute atomic E-state index is 0.119. The Balaban J connectivity index is 1.78. The molecule has 2 nitrogen and oxygen atoms in total. The van der Waals surface area contributed by atoms with Crippen LogP contribution in [0.1, 0.15) is 52.0 Å². The number of benzene rings is 1. The fraction of sp³-hybridized carbons (Fsp3) is 0.611. The molecular formula is C18H25ClO2. The van der Waals surface area contributed by atoms with Gasteiger partial charge in [0.2, 0.25) is 0 Å². The average molecular weight is 309 g/mol. The van der Waals surface area contributed by atoms with Gasteiger partial charge in [0.05, 0.1) is 11.7 Å². The highest BCUT2D eigenvalue weighted by molar-refractivity contribution is 6.30. The molecule has 2 rings (SSSR count). The molecule has 1 aliphatic carbocycles. The first-order chi connectivity index (χ1) is 9.83. The zero-order valence-electron chi connectivity index (χ0n) is 13.2. The number of ether oxygens (including phenoxy) is 1. The third kappa shape index (κ3) is 5.44. The van der Waals surface area contributed by atoms with E-state index < -0.39 is 0 Å². The minimum Gasteiger partial charge on any atom is -0.373 e. The van der Waals surface area contributed by atoms with Crippen molar-refractivity contribution in [2.24, 2.45) is 5.92 Å². The summed E-state index contributed by atoms with van der Waals surface area (Å²) in [5.74, 6) is 0.564. The third-order valence-corrected chi connectivity index (χ3v) is 4.19. The molecule has 0 spiro atoms. The van der Waals surface area contributed by atoms with Gasteiger partial charge in [0.15, 0.2) is 0 Å². The molecule has 0 saturated heterocycles. The number of hydrogen-bond acceptors (Lipinski definition) is 2. The topological polar surface area (TPSA) is 26.3 Å². The number of hydrogen-bond donors (Lipinski definition) is 0. The Morgan fingerprint density at radius 1 is 1.24 bits per heavy atom. The van der Waals surface area contributed by atoms with E-state index in [0.717, 1.165) is 30.7 Å². The van der Waals surface area contributed by atoms with Gasteiger partial charge >= 0.3 is 0 Å². The molecule has 1 saturated carbocycles. The van der Waals surface area contributed by atoms with Crippen molar-refractivity contribution in [2.75, 3.05) is 0 Å². The van der Waals surface area contributed by atoms with E-state index in [2.05, 4.69) is 20.8 Å². The second-order valence-corrected chi connectivity index (χ2v) is 7.39. The van der Waals surface area contributed by atoms with Crippen LogP contribution in [0.5, 0.6) is 0 Å². The first kappa shape index (κ1) is 16.5. The molecule has 0 heterocycles. The van der Waals surface area contributed by atoms with Gasteiger partial charge in [-0.15, -0.1) is 0 Å². The number of aryl methyl sites for hydroxylation is 1. The molecule has 1 aromatic carbocycles. The summed E-state index contributed by atoms with van der Waals surface area (Å²) in [6.45, 7) is 6.22. The van der Waals surface area contributed by atoms with E-state index in [1.165, 1.54) is 5.56 Å². The fourth-order valence-electron chi connectivity index (χ4n) is 2.96. The van der Waals surface area contributed by atoms with Crippen LogP contribution in [0.25, 0.3) is 0 Å².